The standard InChI is InChI=1S/C23H14F5N5O2S/c24-21(25)35-15-4-2-14(3-5-15)33-19-13(9-29-22(32-19)30-10-23(26,27)28)7-16(20(33)34)12-1-6-17-18(8-12)36-11-31-17/h1-9,11,21H,10H2,(H,29,30,32). The number of anilines is 1. The molecule has 36 heavy (non-hydrogen) atoms. The fraction of sp³-hybridized carbons (Fsp3) is 0.130. The van der Waals surface area contributed by atoms with E-state index >= 15 is 0 Å². The van der Waals surface area contributed by atoms with E-state index in [-0.39, 0.29) is 28.6 Å². The molecule has 0 atom stereocenters. The third-order valence-corrected chi connectivity index (χ3v) is 5.94. The molecule has 0 aliphatic rings. The number of aromatic nitrogens is 4. The van der Waals surface area contributed by atoms with Crippen LogP contribution in [0.3, 0.4) is 0 Å². The van der Waals surface area contributed by atoms with Crippen LogP contribution >= 0.6 is 11.3 Å². The van der Waals surface area contributed by atoms with Gasteiger partial charge in [-0.3, -0.25) is 9.36 Å². The predicted octanol–water partition coefficient (Wildman–Crippen LogP) is 5.63. The SMILES string of the molecule is O=c1c(-c2ccc3ncsc3c2)cc2cnc(NCC(F)(F)F)nc2n1-c1ccc(OC(F)F)cc1. The van der Waals surface area contributed by atoms with Gasteiger partial charge in [0.2, 0.25) is 5.95 Å². The van der Waals surface area contributed by atoms with E-state index < -0.39 is 24.9 Å². The highest BCUT2D eigenvalue weighted by atomic mass is 32.1. The second-order valence-electron chi connectivity index (χ2n) is 7.55. The summed E-state index contributed by atoms with van der Waals surface area (Å²) >= 11 is 1.40. The Morgan fingerprint density at radius 2 is 1.83 bits per heavy atom. The fourth-order valence-electron chi connectivity index (χ4n) is 3.61. The average molecular weight is 519 g/mol. The van der Waals surface area contributed by atoms with Crippen LogP contribution in [-0.2, 0) is 0 Å². The smallest absolute Gasteiger partial charge is 0.405 e. The molecule has 0 aliphatic heterocycles. The summed E-state index contributed by atoms with van der Waals surface area (Å²) in [6.45, 7) is -4.39. The van der Waals surface area contributed by atoms with Crippen LogP contribution in [0, 0.1) is 0 Å². The minimum Gasteiger partial charge on any atom is -0.435 e. The largest absolute Gasteiger partial charge is 0.435 e. The molecule has 3 heterocycles. The second kappa shape index (κ2) is 9.15. The number of nitrogens with one attached hydrogen (secondary N) is 1. The van der Waals surface area contributed by atoms with Gasteiger partial charge in [-0.15, -0.1) is 11.3 Å². The number of hydrogen-bond acceptors (Lipinski definition) is 7. The number of alkyl halides is 5. The molecule has 5 rings (SSSR count). The van der Waals surface area contributed by atoms with E-state index in [0.29, 0.717) is 10.9 Å². The molecule has 184 valence electrons. The van der Waals surface area contributed by atoms with Crippen LogP contribution < -0.4 is 15.6 Å². The van der Waals surface area contributed by atoms with Gasteiger partial charge < -0.3 is 10.1 Å². The number of nitrogens with zero attached hydrogens (tertiary/aromatic N) is 4. The van der Waals surface area contributed by atoms with Crippen molar-refractivity contribution in [3.63, 3.8) is 0 Å². The Labute approximate surface area is 202 Å². The Kier molecular flexibility index (Phi) is 6.00. The molecule has 0 fully saturated rings. The van der Waals surface area contributed by atoms with E-state index in [1.54, 1.807) is 29.8 Å². The minimum atomic E-state index is -4.50. The zero-order chi connectivity index (χ0) is 25.4. The lowest BCUT2D eigenvalue weighted by Crippen LogP contribution is -2.24. The molecule has 0 radical (unpaired) electrons. The van der Waals surface area contributed by atoms with Crippen LogP contribution in [0.2, 0.25) is 0 Å². The zero-order valence-corrected chi connectivity index (χ0v) is 18.8. The number of hydrogen-bond donors (Lipinski definition) is 1. The summed E-state index contributed by atoms with van der Waals surface area (Å²) in [7, 11) is 0. The van der Waals surface area contributed by atoms with Gasteiger partial charge in [0.1, 0.15) is 12.3 Å². The Balaban J connectivity index is 1.69. The lowest BCUT2D eigenvalue weighted by molar-refractivity contribution is -0.115. The highest BCUT2D eigenvalue weighted by Gasteiger charge is 2.27. The van der Waals surface area contributed by atoms with Crippen LogP contribution in [0.25, 0.3) is 38.1 Å². The first kappa shape index (κ1) is 23.6. The summed E-state index contributed by atoms with van der Waals surface area (Å²) in [6.07, 6.45) is -3.20. The van der Waals surface area contributed by atoms with Gasteiger partial charge in [0.25, 0.3) is 5.56 Å². The minimum absolute atomic E-state index is 0.0322. The van der Waals surface area contributed by atoms with Crippen molar-refractivity contribution in [2.75, 3.05) is 11.9 Å². The van der Waals surface area contributed by atoms with E-state index in [1.165, 1.54) is 46.4 Å². The highest BCUT2D eigenvalue weighted by Crippen LogP contribution is 2.28. The third-order valence-electron chi connectivity index (χ3n) is 5.15. The Morgan fingerprint density at radius 3 is 2.56 bits per heavy atom. The van der Waals surface area contributed by atoms with Crippen LogP contribution in [-0.4, -0.2) is 38.9 Å². The topological polar surface area (TPSA) is 81.9 Å². The predicted molar refractivity (Wildman–Crippen MR) is 125 cm³/mol. The van der Waals surface area contributed by atoms with Crippen molar-refractivity contribution in [3.05, 3.63) is 70.6 Å². The number of halogens is 5. The molecular formula is C23H14F5N5O2S. The maximum atomic E-state index is 13.7. The molecule has 0 saturated heterocycles. The molecule has 0 unspecified atom stereocenters. The van der Waals surface area contributed by atoms with Crippen molar-refractivity contribution < 1.29 is 26.7 Å². The molecule has 7 nitrogen and oxygen atoms in total. The summed E-state index contributed by atoms with van der Waals surface area (Å²) < 4.78 is 69.6. The van der Waals surface area contributed by atoms with Gasteiger partial charge in [0.15, 0.2) is 5.65 Å². The molecule has 13 heteroatoms. The molecule has 1 N–H and O–H groups in total. The number of thiazole rings is 1. The van der Waals surface area contributed by atoms with Crippen molar-refractivity contribution >= 4 is 38.5 Å². The van der Waals surface area contributed by atoms with E-state index in [0.717, 1.165) is 10.2 Å². The van der Waals surface area contributed by atoms with Crippen molar-refractivity contribution in [1.29, 1.82) is 0 Å². The second-order valence-corrected chi connectivity index (χ2v) is 8.43. The zero-order valence-electron chi connectivity index (χ0n) is 18.0. The van der Waals surface area contributed by atoms with Crippen LogP contribution in [0.1, 0.15) is 0 Å². The molecule has 3 aromatic heterocycles. The first-order chi connectivity index (χ1) is 17.2. The van der Waals surface area contributed by atoms with Gasteiger partial charge in [0.05, 0.1) is 21.4 Å². The maximum absolute atomic E-state index is 13.7. The van der Waals surface area contributed by atoms with E-state index in [4.69, 9.17) is 0 Å². The van der Waals surface area contributed by atoms with Gasteiger partial charge in [-0.25, -0.2) is 9.97 Å². The van der Waals surface area contributed by atoms with E-state index in [2.05, 4.69) is 25.0 Å². The number of rotatable bonds is 6. The first-order valence-electron chi connectivity index (χ1n) is 10.3. The van der Waals surface area contributed by atoms with Crippen molar-refractivity contribution in [2.24, 2.45) is 0 Å². The Bertz CT molecular complexity index is 1620. The summed E-state index contributed by atoms with van der Waals surface area (Å²) in [4.78, 5) is 26.0. The number of pyridine rings is 1. The molecule has 2 aromatic carbocycles. The molecule has 0 bridgehead atoms. The van der Waals surface area contributed by atoms with E-state index in [9.17, 15) is 26.7 Å². The van der Waals surface area contributed by atoms with Gasteiger partial charge in [-0.1, -0.05) is 6.07 Å². The molecule has 0 amide bonds. The summed E-state index contributed by atoms with van der Waals surface area (Å²) in [5.74, 6) is -0.454. The Morgan fingerprint density at radius 1 is 1.06 bits per heavy atom. The Hall–Kier alpha value is -4.13. The maximum Gasteiger partial charge on any atom is 0.405 e. The van der Waals surface area contributed by atoms with Crippen LogP contribution in [0.5, 0.6) is 5.75 Å². The van der Waals surface area contributed by atoms with Gasteiger partial charge >= 0.3 is 12.8 Å². The molecule has 5 aromatic rings. The van der Waals surface area contributed by atoms with Crippen molar-refractivity contribution in [2.45, 2.75) is 12.8 Å². The van der Waals surface area contributed by atoms with Crippen molar-refractivity contribution in [3.8, 4) is 22.6 Å². The quantitative estimate of drug-likeness (QED) is 0.293. The van der Waals surface area contributed by atoms with E-state index in [1.807, 2.05) is 0 Å². The normalized spacial score (nSPS) is 11.9. The summed E-state index contributed by atoms with van der Waals surface area (Å²) in [5, 5.41) is 2.47. The lowest BCUT2D eigenvalue weighted by Gasteiger charge is -2.15. The van der Waals surface area contributed by atoms with Crippen molar-refractivity contribution in [1.82, 2.24) is 19.5 Å². The third kappa shape index (κ3) is 4.82. The van der Waals surface area contributed by atoms with Crippen LogP contribution in [0.15, 0.2) is 65.0 Å². The number of fused-ring (bicyclic) bond motifs is 2. The molecule has 0 spiro atoms. The number of benzene rings is 2. The van der Waals surface area contributed by atoms with Gasteiger partial charge in [-0.05, 0) is 48.0 Å². The first-order valence-corrected chi connectivity index (χ1v) is 11.2. The molecular weight excluding hydrogens is 505 g/mol. The van der Waals surface area contributed by atoms with Gasteiger partial charge in [0, 0.05) is 17.1 Å². The lowest BCUT2D eigenvalue weighted by atomic mass is 10.1. The fourth-order valence-corrected chi connectivity index (χ4v) is 4.32. The highest BCUT2D eigenvalue weighted by molar-refractivity contribution is 7.16. The molecule has 0 saturated carbocycles. The summed E-state index contributed by atoms with van der Waals surface area (Å²) in [6, 6.07) is 12.1. The van der Waals surface area contributed by atoms with Gasteiger partial charge in [-0.2, -0.15) is 26.9 Å². The summed E-state index contributed by atoms with van der Waals surface area (Å²) in [5.41, 5.74) is 3.07. The van der Waals surface area contributed by atoms with Crippen LogP contribution in [0.4, 0.5) is 27.9 Å². The number of ether oxygens (including phenoxy) is 1. The monoisotopic (exact) mass is 519 g/mol. The molecule has 0 aliphatic carbocycles. The average Bonchev–Trinajstić information content (AvgIpc) is 3.30.